The normalized spacial score (nSPS) is 12.5. The highest BCUT2D eigenvalue weighted by molar-refractivity contribution is 9.10. The molecule has 0 bridgehead atoms. The Hall–Kier alpha value is -0.900. The molecule has 0 heterocycles. The molecule has 70 valence electrons. The van der Waals surface area contributed by atoms with Gasteiger partial charge in [0.2, 0.25) is 5.91 Å². The number of carbonyl (C=O) groups is 1. The van der Waals surface area contributed by atoms with Crippen molar-refractivity contribution < 1.29 is 9.18 Å². The van der Waals surface area contributed by atoms with Gasteiger partial charge in [-0.3, -0.25) is 4.79 Å². The number of carbonyl (C=O) groups excluding carboxylic acids is 1. The van der Waals surface area contributed by atoms with Crippen molar-refractivity contribution in [2.75, 3.05) is 0 Å². The maximum atomic E-state index is 13.2. The second-order valence-corrected chi connectivity index (χ2v) is 3.71. The molecule has 0 saturated carbocycles. The Morgan fingerprint density at radius 1 is 1.62 bits per heavy atom. The Balaban J connectivity index is 3.08. The third-order valence-corrected chi connectivity index (χ3v) is 2.35. The van der Waals surface area contributed by atoms with Gasteiger partial charge in [-0.1, -0.05) is 22.0 Å². The lowest BCUT2D eigenvalue weighted by molar-refractivity contribution is -0.119. The van der Waals surface area contributed by atoms with Crippen molar-refractivity contribution in [3.8, 4) is 0 Å². The molecule has 2 N–H and O–H groups in total. The smallest absolute Gasteiger partial charge is 0.224 e. The van der Waals surface area contributed by atoms with Crippen molar-refractivity contribution in [3.63, 3.8) is 0 Å². The van der Waals surface area contributed by atoms with Crippen molar-refractivity contribution in [1.29, 1.82) is 0 Å². The Labute approximate surface area is 84.1 Å². The quantitative estimate of drug-likeness (QED) is 0.853. The molecule has 1 rings (SSSR count). The van der Waals surface area contributed by atoms with E-state index < -0.39 is 17.6 Å². The molecule has 0 aromatic heterocycles. The van der Waals surface area contributed by atoms with Gasteiger partial charge < -0.3 is 5.73 Å². The zero-order valence-electron chi connectivity index (χ0n) is 7.05. The molecule has 1 aromatic rings. The molecule has 0 aliphatic rings. The van der Waals surface area contributed by atoms with Crippen LogP contribution < -0.4 is 5.73 Å². The molecular weight excluding hydrogens is 237 g/mol. The van der Waals surface area contributed by atoms with Crippen LogP contribution in [0.15, 0.2) is 22.7 Å². The van der Waals surface area contributed by atoms with E-state index in [1.54, 1.807) is 19.1 Å². The van der Waals surface area contributed by atoms with Gasteiger partial charge in [0, 0.05) is 10.0 Å². The zero-order valence-corrected chi connectivity index (χ0v) is 8.64. The lowest BCUT2D eigenvalue weighted by Gasteiger charge is -2.08. The first-order chi connectivity index (χ1) is 6.02. The fourth-order valence-corrected chi connectivity index (χ4v) is 1.34. The number of amides is 1. The second-order valence-electron chi connectivity index (χ2n) is 2.79. The lowest BCUT2D eigenvalue weighted by atomic mass is 10.0. The highest BCUT2D eigenvalue weighted by Crippen LogP contribution is 2.21. The first-order valence-corrected chi connectivity index (χ1v) is 4.56. The van der Waals surface area contributed by atoms with Gasteiger partial charge >= 0.3 is 0 Å². The van der Waals surface area contributed by atoms with Crippen molar-refractivity contribution in [2.45, 2.75) is 12.8 Å². The number of rotatable bonds is 2. The van der Waals surface area contributed by atoms with E-state index in [-0.39, 0.29) is 0 Å². The molecule has 0 radical (unpaired) electrons. The maximum Gasteiger partial charge on any atom is 0.224 e. The number of primary amides is 1. The molecular formula is C9H9BrFNO. The predicted octanol–water partition coefficient (Wildman–Crippen LogP) is 2.18. The van der Waals surface area contributed by atoms with E-state index in [4.69, 9.17) is 5.73 Å². The molecule has 0 aliphatic carbocycles. The Morgan fingerprint density at radius 2 is 2.23 bits per heavy atom. The highest BCUT2D eigenvalue weighted by Gasteiger charge is 2.15. The van der Waals surface area contributed by atoms with Gasteiger partial charge in [0.25, 0.3) is 0 Å². The van der Waals surface area contributed by atoms with Crippen LogP contribution in [0.1, 0.15) is 18.4 Å². The van der Waals surface area contributed by atoms with Crippen LogP contribution in [-0.2, 0) is 4.79 Å². The van der Waals surface area contributed by atoms with Gasteiger partial charge in [-0.2, -0.15) is 0 Å². The molecule has 2 nitrogen and oxygen atoms in total. The van der Waals surface area contributed by atoms with E-state index in [1.807, 2.05) is 0 Å². The summed E-state index contributed by atoms with van der Waals surface area (Å²) in [5, 5.41) is 0. The summed E-state index contributed by atoms with van der Waals surface area (Å²) in [6.45, 7) is 1.58. The first-order valence-electron chi connectivity index (χ1n) is 3.76. The summed E-state index contributed by atoms with van der Waals surface area (Å²) in [6, 6.07) is 4.54. The maximum absolute atomic E-state index is 13.2. The van der Waals surface area contributed by atoms with E-state index in [0.29, 0.717) is 10.0 Å². The molecule has 1 amide bonds. The number of benzene rings is 1. The predicted molar refractivity (Wildman–Crippen MR) is 51.7 cm³/mol. The van der Waals surface area contributed by atoms with Gasteiger partial charge in [-0.25, -0.2) is 4.39 Å². The summed E-state index contributed by atoms with van der Waals surface area (Å²) in [6.07, 6.45) is 0. The van der Waals surface area contributed by atoms with Crippen LogP contribution in [0.3, 0.4) is 0 Å². The topological polar surface area (TPSA) is 43.1 Å². The number of hydrogen-bond donors (Lipinski definition) is 1. The van der Waals surface area contributed by atoms with Crippen LogP contribution in [0.5, 0.6) is 0 Å². The van der Waals surface area contributed by atoms with Gasteiger partial charge in [-0.05, 0) is 19.1 Å². The van der Waals surface area contributed by atoms with Gasteiger partial charge in [-0.15, -0.1) is 0 Å². The van der Waals surface area contributed by atoms with Crippen molar-refractivity contribution in [2.24, 2.45) is 5.73 Å². The third-order valence-electron chi connectivity index (χ3n) is 1.86. The van der Waals surface area contributed by atoms with Crippen LogP contribution in [0.2, 0.25) is 0 Å². The minimum Gasteiger partial charge on any atom is -0.369 e. The Bertz CT molecular complexity index is 340. The van der Waals surface area contributed by atoms with Crippen LogP contribution in [0.25, 0.3) is 0 Å². The number of hydrogen-bond acceptors (Lipinski definition) is 1. The Kier molecular flexibility index (Phi) is 3.03. The molecule has 1 unspecified atom stereocenters. The largest absolute Gasteiger partial charge is 0.369 e. The van der Waals surface area contributed by atoms with Crippen LogP contribution in [0, 0.1) is 5.82 Å². The standard InChI is InChI=1S/C9H9BrFNO/c1-5(9(12)13)7-3-2-6(10)4-8(7)11/h2-5H,1H3,(H2,12,13). The summed E-state index contributed by atoms with van der Waals surface area (Å²) >= 11 is 3.13. The summed E-state index contributed by atoms with van der Waals surface area (Å²) in [7, 11) is 0. The van der Waals surface area contributed by atoms with Crippen LogP contribution >= 0.6 is 15.9 Å². The minimum atomic E-state index is -0.590. The molecule has 0 aliphatic heterocycles. The van der Waals surface area contributed by atoms with Crippen molar-refractivity contribution in [3.05, 3.63) is 34.1 Å². The summed E-state index contributed by atoms with van der Waals surface area (Å²) < 4.78 is 13.9. The number of halogens is 2. The van der Waals surface area contributed by atoms with Crippen molar-refractivity contribution >= 4 is 21.8 Å². The van der Waals surface area contributed by atoms with Gasteiger partial charge in [0.15, 0.2) is 0 Å². The fraction of sp³-hybridized carbons (Fsp3) is 0.222. The van der Waals surface area contributed by atoms with Gasteiger partial charge in [0.05, 0.1) is 5.92 Å². The van der Waals surface area contributed by atoms with E-state index in [0.717, 1.165) is 0 Å². The highest BCUT2D eigenvalue weighted by atomic mass is 79.9. The lowest BCUT2D eigenvalue weighted by Crippen LogP contribution is -2.19. The molecule has 1 aromatic carbocycles. The molecule has 0 fully saturated rings. The number of nitrogens with two attached hydrogens (primary N) is 1. The van der Waals surface area contributed by atoms with Crippen LogP contribution in [-0.4, -0.2) is 5.91 Å². The van der Waals surface area contributed by atoms with Crippen LogP contribution in [0.4, 0.5) is 4.39 Å². The summed E-state index contributed by atoms with van der Waals surface area (Å²) in [5.74, 6) is -1.53. The second kappa shape index (κ2) is 3.87. The van der Waals surface area contributed by atoms with Gasteiger partial charge in [0.1, 0.15) is 5.82 Å². The molecule has 0 saturated heterocycles. The fourth-order valence-electron chi connectivity index (χ4n) is 1.01. The van der Waals surface area contributed by atoms with E-state index >= 15 is 0 Å². The SMILES string of the molecule is CC(C(N)=O)c1ccc(Br)cc1F. The molecule has 0 spiro atoms. The van der Waals surface area contributed by atoms with Crippen molar-refractivity contribution in [1.82, 2.24) is 0 Å². The third kappa shape index (κ3) is 2.28. The molecule has 4 heteroatoms. The first kappa shape index (κ1) is 10.2. The monoisotopic (exact) mass is 245 g/mol. The Morgan fingerprint density at radius 3 is 2.69 bits per heavy atom. The summed E-state index contributed by atoms with van der Waals surface area (Å²) in [5.41, 5.74) is 5.39. The molecule has 1 atom stereocenters. The average molecular weight is 246 g/mol. The average Bonchev–Trinajstić information content (AvgIpc) is 2.03. The van der Waals surface area contributed by atoms with E-state index in [9.17, 15) is 9.18 Å². The summed E-state index contributed by atoms with van der Waals surface area (Å²) in [4.78, 5) is 10.8. The minimum absolute atomic E-state index is 0.329. The zero-order chi connectivity index (χ0) is 10.0. The molecule has 13 heavy (non-hydrogen) atoms. The van der Waals surface area contributed by atoms with E-state index in [2.05, 4.69) is 15.9 Å². The van der Waals surface area contributed by atoms with E-state index in [1.165, 1.54) is 6.07 Å².